The van der Waals surface area contributed by atoms with Crippen molar-refractivity contribution >= 4 is 0 Å². The van der Waals surface area contributed by atoms with Crippen molar-refractivity contribution in [3.8, 4) is 22.6 Å². The minimum Gasteiger partial charge on any atom is -0.261 e. The molecule has 0 saturated heterocycles. The molecule has 0 bridgehead atoms. The Morgan fingerprint density at radius 2 is 1.36 bits per heavy atom. The molecule has 0 atom stereocenters. The van der Waals surface area contributed by atoms with Gasteiger partial charge in [-0.05, 0) is 6.07 Å². The number of benzene rings is 2. The van der Waals surface area contributed by atoms with E-state index in [1.54, 1.807) is 18.6 Å². The van der Waals surface area contributed by atoms with Gasteiger partial charge in [0.2, 0.25) is 0 Å². The van der Waals surface area contributed by atoms with Crippen LogP contribution >= 0.6 is 0 Å². The number of aromatic nitrogens is 4. The first-order valence-electron chi connectivity index (χ1n) is 8.12. The smallest absolute Gasteiger partial charge is 0.159 e. The highest BCUT2D eigenvalue weighted by molar-refractivity contribution is 5.58. The molecule has 2 aromatic heterocycles. The summed E-state index contributed by atoms with van der Waals surface area (Å²) < 4.78 is 0. The molecule has 4 nitrogen and oxygen atoms in total. The molecule has 0 aliphatic carbocycles. The first-order chi connectivity index (χ1) is 12.4. The summed E-state index contributed by atoms with van der Waals surface area (Å²) in [5.74, 6) is 0.727. The van der Waals surface area contributed by atoms with Crippen LogP contribution in [-0.2, 0) is 6.42 Å². The molecule has 0 N–H and O–H groups in total. The fourth-order valence-corrected chi connectivity index (χ4v) is 2.65. The first kappa shape index (κ1) is 15.1. The van der Waals surface area contributed by atoms with Gasteiger partial charge < -0.3 is 0 Å². The summed E-state index contributed by atoms with van der Waals surface area (Å²) in [6.07, 6.45) is 5.99. The summed E-state index contributed by atoms with van der Waals surface area (Å²) in [7, 11) is 0. The van der Waals surface area contributed by atoms with E-state index in [1.165, 1.54) is 0 Å². The summed E-state index contributed by atoms with van der Waals surface area (Å²) in [5, 5.41) is 0. The largest absolute Gasteiger partial charge is 0.261 e. The van der Waals surface area contributed by atoms with Crippen LogP contribution in [0, 0.1) is 0 Å². The second-order valence-corrected chi connectivity index (χ2v) is 5.68. The molecule has 0 aliphatic heterocycles. The average Bonchev–Trinajstić information content (AvgIpc) is 2.70. The van der Waals surface area contributed by atoms with Crippen LogP contribution in [0.25, 0.3) is 22.6 Å². The molecule has 4 aromatic rings. The highest BCUT2D eigenvalue weighted by Crippen LogP contribution is 2.17. The van der Waals surface area contributed by atoms with E-state index in [2.05, 4.69) is 15.0 Å². The Hall–Kier alpha value is -3.40. The Balaban J connectivity index is 1.61. The quantitative estimate of drug-likeness (QED) is 0.565. The molecule has 2 aromatic carbocycles. The van der Waals surface area contributed by atoms with Crippen molar-refractivity contribution in [3.05, 3.63) is 96.7 Å². The number of hydrogen-bond donors (Lipinski definition) is 0. The lowest BCUT2D eigenvalue weighted by Crippen LogP contribution is -2.00. The third kappa shape index (κ3) is 3.58. The summed E-state index contributed by atoms with van der Waals surface area (Å²) in [6.45, 7) is 0. The van der Waals surface area contributed by atoms with Crippen LogP contribution in [0.4, 0.5) is 0 Å². The summed E-state index contributed by atoms with van der Waals surface area (Å²) in [6, 6.07) is 22.0. The highest BCUT2D eigenvalue weighted by atomic mass is 14.9. The molecule has 2 heterocycles. The standard InChI is InChI=1S/C21H16N4/c1-3-7-16(8-4-1)20-15-22-14-19(24-20)13-18-11-12-23-21(25-18)17-9-5-2-6-10-17/h1-12,14-15H,13H2. The van der Waals surface area contributed by atoms with Gasteiger partial charge in [-0.2, -0.15) is 0 Å². The minimum absolute atomic E-state index is 0.621. The number of hydrogen-bond acceptors (Lipinski definition) is 4. The van der Waals surface area contributed by atoms with Gasteiger partial charge in [-0.25, -0.2) is 15.0 Å². The Bertz CT molecular complexity index is 888. The van der Waals surface area contributed by atoms with Crippen LogP contribution in [0.2, 0.25) is 0 Å². The maximum atomic E-state index is 4.72. The fraction of sp³-hybridized carbons (Fsp3) is 0.0476. The maximum Gasteiger partial charge on any atom is 0.159 e. The topological polar surface area (TPSA) is 51.6 Å². The summed E-state index contributed by atoms with van der Waals surface area (Å²) in [5.41, 5.74) is 4.75. The van der Waals surface area contributed by atoms with Crippen molar-refractivity contribution in [2.45, 2.75) is 6.42 Å². The molecule has 0 aliphatic rings. The van der Waals surface area contributed by atoms with Crippen LogP contribution in [-0.4, -0.2) is 19.9 Å². The van der Waals surface area contributed by atoms with Gasteiger partial charge in [-0.1, -0.05) is 60.7 Å². The van der Waals surface area contributed by atoms with Gasteiger partial charge in [0.05, 0.1) is 23.3 Å². The zero-order valence-corrected chi connectivity index (χ0v) is 13.6. The number of nitrogens with zero attached hydrogens (tertiary/aromatic N) is 4. The van der Waals surface area contributed by atoms with Crippen LogP contribution in [0.3, 0.4) is 0 Å². The van der Waals surface area contributed by atoms with Gasteiger partial charge in [0.15, 0.2) is 5.82 Å². The van der Waals surface area contributed by atoms with Crippen LogP contribution in [0.5, 0.6) is 0 Å². The van der Waals surface area contributed by atoms with Gasteiger partial charge in [0.1, 0.15) is 0 Å². The van der Waals surface area contributed by atoms with Crippen molar-refractivity contribution in [1.82, 2.24) is 19.9 Å². The highest BCUT2D eigenvalue weighted by Gasteiger charge is 2.06. The molecule has 0 amide bonds. The summed E-state index contributed by atoms with van der Waals surface area (Å²) in [4.78, 5) is 18.1. The van der Waals surface area contributed by atoms with Crippen molar-refractivity contribution < 1.29 is 0 Å². The molecule has 120 valence electrons. The van der Waals surface area contributed by atoms with Gasteiger partial charge in [-0.3, -0.25) is 4.98 Å². The lowest BCUT2D eigenvalue weighted by molar-refractivity contribution is 0.974. The average molecular weight is 324 g/mol. The lowest BCUT2D eigenvalue weighted by atomic mass is 10.1. The van der Waals surface area contributed by atoms with Crippen LogP contribution < -0.4 is 0 Å². The second-order valence-electron chi connectivity index (χ2n) is 5.68. The predicted octanol–water partition coefficient (Wildman–Crippen LogP) is 4.19. The third-order valence-corrected chi connectivity index (χ3v) is 3.86. The van der Waals surface area contributed by atoms with E-state index in [9.17, 15) is 0 Å². The molecule has 4 rings (SSSR count). The van der Waals surface area contributed by atoms with E-state index < -0.39 is 0 Å². The van der Waals surface area contributed by atoms with Gasteiger partial charge in [-0.15, -0.1) is 0 Å². The minimum atomic E-state index is 0.621. The molecule has 4 heteroatoms. The van der Waals surface area contributed by atoms with E-state index in [4.69, 9.17) is 4.98 Å². The monoisotopic (exact) mass is 324 g/mol. The Morgan fingerprint density at radius 3 is 2.12 bits per heavy atom. The zero-order chi connectivity index (χ0) is 16.9. The molecule has 25 heavy (non-hydrogen) atoms. The molecule has 0 unspecified atom stereocenters. The van der Waals surface area contributed by atoms with Crippen LogP contribution in [0.15, 0.2) is 85.3 Å². The fourth-order valence-electron chi connectivity index (χ4n) is 2.65. The van der Waals surface area contributed by atoms with Crippen molar-refractivity contribution in [1.29, 1.82) is 0 Å². The maximum absolute atomic E-state index is 4.72. The lowest BCUT2D eigenvalue weighted by Gasteiger charge is -2.05. The second kappa shape index (κ2) is 7.01. The first-order valence-corrected chi connectivity index (χ1v) is 8.12. The van der Waals surface area contributed by atoms with E-state index in [0.717, 1.165) is 34.0 Å². The molecular formula is C21H16N4. The van der Waals surface area contributed by atoms with Crippen LogP contribution in [0.1, 0.15) is 11.4 Å². The van der Waals surface area contributed by atoms with E-state index in [1.807, 2.05) is 66.7 Å². The van der Waals surface area contributed by atoms with E-state index in [0.29, 0.717) is 6.42 Å². The SMILES string of the molecule is c1ccc(-c2cncc(Cc3ccnc(-c4ccccc4)n3)n2)cc1. The van der Waals surface area contributed by atoms with Gasteiger partial charge >= 0.3 is 0 Å². The number of rotatable bonds is 4. The Kier molecular flexibility index (Phi) is 4.25. The molecule has 0 spiro atoms. The van der Waals surface area contributed by atoms with Gasteiger partial charge in [0.25, 0.3) is 0 Å². The third-order valence-electron chi connectivity index (χ3n) is 3.86. The van der Waals surface area contributed by atoms with Gasteiger partial charge in [0, 0.05) is 29.9 Å². The van der Waals surface area contributed by atoms with Crippen molar-refractivity contribution in [2.75, 3.05) is 0 Å². The molecule has 0 saturated carbocycles. The normalized spacial score (nSPS) is 10.6. The van der Waals surface area contributed by atoms with E-state index >= 15 is 0 Å². The Labute approximate surface area is 146 Å². The van der Waals surface area contributed by atoms with Crippen molar-refractivity contribution in [2.24, 2.45) is 0 Å². The van der Waals surface area contributed by atoms with E-state index in [-0.39, 0.29) is 0 Å². The molecule has 0 fully saturated rings. The molecule has 0 radical (unpaired) electrons. The van der Waals surface area contributed by atoms with Crippen molar-refractivity contribution in [3.63, 3.8) is 0 Å². The summed E-state index contributed by atoms with van der Waals surface area (Å²) >= 11 is 0. The Morgan fingerprint density at radius 1 is 0.640 bits per heavy atom. The molecular weight excluding hydrogens is 308 g/mol. The zero-order valence-electron chi connectivity index (χ0n) is 13.6. The predicted molar refractivity (Wildman–Crippen MR) is 97.7 cm³/mol.